The zero-order chi connectivity index (χ0) is 10.6. The van der Waals surface area contributed by atoms with E-state index in [-0.39, 0.29) is 6.61 Å². The second-order valence-corrected chi connectivity index (χ2v) is 4.63. The summed E-state index contributed by atoms with van der Waals surface area (Å²) in [5.74, 6) is 0. The fraction of sp³-hybridized carbons (Fsp3) is 1.00. The smallest absolute Gasteiger partial charge is 0.300 e. The fourth-order valence-corrected chi connectivity index (χ4v) is 2.23. The van der Waals surface area contributed by atoms with Gasteiger partial charge < -0.3 is 0 Å². The molecule has 1 aliphatic heterocycles. The molecule has 6 heteroatoms. The van der Waals surface area contributed by atoms with Crippen molar-refractivity contribution in [3.05, 3.63) is 0 Å². The van der Waals surface area contributed by atoms with Crippen molar-refractivity contribution in [3.63, 3.8) is 0 Å². The lowest BCUT2D eigenvalue weighted by Gasteiger charge is -2.29. The van der Waals surface area contributed by atoms with Gasteiger partial charge in [-0.1, -0.05) is 15.9 Å². The largest absolute Gasteiger partial charge is 0.522 e. The lowest BCUT2D eigenvalue weighted by molar-refractivity contribution is -0.325. The predicted octanol–water partition coefficient (Wildman–Crippen LogP) is 2.38. The molecule has 0 bridgehead atoms. The minimum absolute atomic E-state index is 0.275. The van der Waals surface area contributed by atoms with Crippen molar-refractivity contribution in [1.82, 2.24) is 4.90 Å². The van der Waals surface area contributed by atoms with Crippen LogP contribution < -0.4 is 0 Å². The monoisotopic (exact) mass is 275 g/mol. The maximum absolute atomic E-state index is 11.6. The third-order valence-electron chi connectivity index (χ3n) is 2.12. The number of likely N-dealkylation sites (tertiary alicyclic amines) is 1. The molecule has 1 aliphatic rings. The van der Waals surface area contributed by atoms with E-state index in [9.17, 15) is 13.2 Å². The third-order valence-corrected chi connectivity index (χ3v) is 2.87. The summed E-state index contributed by atoms with van der Waals surface area (Å²) in [6, 6.07) is 0. The van der Waals surface area contributed by atoms with Crippen molar-refractivity contribution in [1.29, 1.82) is 0 Å². The van der Waals surface area contributed by atoms with Gasteiger partial charge in [-0.2, -0.15) is 0 Å². The first-order valence-corrected chi connectivity index (χ1v) is 5.46. The number of halogens is 4. The van der Waals surface area contributed by atoms with E-state index >= 15 is 0 Å². The summed E-state index contributed by atoms with van der Waals surface area (Å²) in [6.45, 7) is 1.75. The Morgan fingerprint density at radius 2 is 2.14 bits per heavy atom. The number of piperidine rings is 1. The van der Waals surface area contributed by atoms with Crippen LogP contribution in [0, 0.1) is 0 Å². The summed E-state index contributed by atoms with van der Waals surface area (Å²) in [7, 11) is 0. The van der Waals surface area contributed by atoms with Gasteiger partial charge in [0.05, 0.1) is 6.61 Å². The summed E-state index contributed by atoms with van der Waals surface area (Å²) >= 11 is 3.46. The van der Waals surface area contributed by atoms with Crippen LogP contribution in [0.1, 0.15) is 12.8 Å². The molecule has 0 spiro atoms. The van der Waals surface area contributed by atoms with Crippen LogP contribution in [0.3, 0.4) is 0 Å². The van der Waals surface area contributed by atoms with Crippen LogP contribution >= 0.6 is 15.9 Å². The van der Waals surface area contributed by atoms with Gasteiger partial charge in [0.2, 0.25) is 0 Å². The molecule has 14 heavy (non-hydrogen) atoms. The Kier molecular flexibility index (Phi) is 4.66. The van der Waals surface area contributed by atoms with Crippen LogP contribution in [0.2, 0.25) is 0 Å². The van der Waals surface area contributed by atoms with Crippen LogP contribution in [-0.4, -0.2) is 42.3 Å². The third kappa shape index (κ3) is 5.17. The van der Waals surface area contributed by atoms with Crippen molar-refractivity contribution >= 4 is 15.9 Å². The van der Waals surface area contributed by atoms with Crippen molar-refractivity contribution < 1.29 is 17.9 Å². The molecule has 0 saturated carbocycles. The molecule has 84 valence electrons. The lowest BCUT2D eigenvalue weighted by Crippen LogP contribution is -2.38. The van der Waals surface area contributed by atoms with Crippen molar-refractivity contribution in [2.75, 3.05) is 26.2 Å². The quantitative estimate of drug-likeness (QED) is 0.734. The van der Waals surface area contributed by atoms with E-state index in [0.29, 0.717) is 11.4 Å². The molecule has 0 radical (unpaired) electrons. The Bertz CT molecular complexity index is 176. The SMILES string of the molecule is FC(F)(F)OCCN1CCCC(Br)C1. The molecule has 1 fully saturated rings. The molecule has 0 amide bonds. The van der Waals surface area contributed by atoms with Gasteiger partial charge in [-0.25, -0.2) is 0 Å². The van der Waals surface area contributed by atoms with Gasteiger partial charge in [-0.3, -0.25) is 9.64 Å². The Balaban J connectivity index is 2.12. The highest BCUT2D eigenvalue weighted by atomic mass is 79.9. The van der Waals surface area contributed by atoms with E-state index in [4.69, 9.17) is 0 Å². The second-order valence-electron chi connectivity index (χ2n) is 3.33. The summed E-state index contributed by atoms with van der Waals surface area (Å²) in [6.07, 6.45) is -2.37. The van der Waals surface area contributed by atoms with Gasteiger partial charge in [0, 0.05) is 17.9 Å². The zero-order valence-corrected chi connectivity index (χ0v) is 9.27. The average Bonchev–Trinajstić information content (AvgIpc) is 2.01. The summed E-state index contributed by atoms with van der Waals surface area (Å²) < 4.78 is 38.6. The summed E-state index contributed by atoms with van der Waals surface area (Å²) in [4.78, 5) is 2.39. The first-order valence-electron chi connectivity index (χ1n) is 4.54. The number of nitrogens with zero attached hydrogens (tertiary/aromatic N) is 1. The molecule has 1 rings (SSSR count). The van der Waals surface area contributed by atoms with Crippen LogP contribution in [0.5, 0.6) is 0 Å². The van der Waals surface area contributed by atoms with E-state index in [1.807, 2.05) is 4.90 Å². The average molecular weight is 276 g/mol. The number of rotatable bonds is 3. The fourth-order valence-electron chi connectivity index (χ4n) is 1.49. The van der Waals surface area contributed by atoms with Crippen molar-refractivity contribution in [3.8, 4) is 0 Å². The molecule has 0 N–H and O–H groups in total. The van der Waals surface area contributed by atoms with Gasteiger partial charge in [0.15, 0.2) is 0 Å². The maximum atomic E-state index is 11.6. The highest BCUT2D eigenvalue weighted by Crippen LogP contribution is 2.18. The van der Waals surface area contributed by atoms with Crippen molar-refractivity contribution in [2.24, 2.45) is 0 Å². The minimum Gasteiger partial charge on any atom is -0.300 e. The zero-order valence-electron chi connectivity index (χ0n) is 7.69. The second kappa shape index (κ2) is 5.32. The van der Waals surface area contributed by atoms with Gasteiger partial charge in [-0.05, 0) is 19.4 Å². The Morgan fingerprint density at radius 1 is 1.43 bits per heavy atom. The topological polar surface area (TPSA) is 12.5 Å². The number of alkyl halides is 4. The van der Waals surface area contributed by atoms with Gasteiger partial charge >= 0.3 is 6.36 Å². The molecule has 0 aromatic rings. The van der Waals surface area contributed by atoms with E-state index in [1.54, 1.807) is 0 Å². The highest BCUT2D eigenvalue weighted by Gasteiger charge is 2.29. The van der Waals surface area contributed by atoms with E-state index in [2.05, 4.69) is 20.7 Å². The molecule has 1 saturated heterocycles. The van der Waals surface area contributed by atoms with Crippen LogP contribution in [0.15, 0.2) is 0 Å². The molecule has 0 aliphatic carbocycles. The molecule has 1 heterocycles. The standard InChI is InChI=1S/C8H13BrF3NO/c9-7-2-1-3-13(6-7)4-5-14-8(10,11)12/h7H,1-6H2. The van der Waals surface area contributed by atoms with Crippen LogP contribution in [0.25, 0.3) is 0 Å². The predicted molar refractivity (Wildman–Crippen MR) is 50.4 cm³/mol. The molecule has 1 unspecified atom stereocenters. The lowest BCUT2D eigenvalue weighted by atomic mass is 10.1. The highest BCUT2D eigenvalue weighted by molar-refractivity contribution is 9.09. The number of hydrogen-bond donors (Lipinski definition) is 0. The van der Waals surface area contributed by atoms with Crippen LogP contribution in [0.4, 0.5) is 13.2 Å². The van der Waals surface area contributed by atoms with Crippen LogP contribution in [-0.2, 0) is 4.74 Å². The Labute approximate surface area is 89.5 Å². The van der Waals surface area contributed by atoms with E-state index < -0.39 is 6.36 Å². The number of hydrogen-bond acceptors (Lipinski definition) is 2. The number of ether oxygens (including phenoxy) is 1. The maximum Gasteiger partial charge on any atom is 0.522 e. The molecule has 1 atom stereocenters. The van der Waals surface area contributed by atoms with Gasteiger partial charge in [-0.15, -0.1) is 13.2 Å². The molecular formula is C8H13BrF3NO. The first kappa shape index (κ1) is 12.3. The Morgan fingerprint density at radius 3 is 2.71 bits per heavy atom. The Hall–Kier alpha value is 0.190. The van der Waals surface area contributed by atoms with E-state index in [1.165, 1.54) is 0 Å². The van der Waals surface area contributed by atoms with E-state index in [0.717, 1.165) is 25.9 Å². The van der Waals surface area contributed by atoms with Gasteiger partial charge in [0.25, 0.3) is 0 Å². The minimum atomic E-state index is -4.50. The molecule has 2 nitrogen and oxygen atoms in total. The molecule has 0 aromatic carbocycles. The van der Waals surface area contributed by atoms with Crippen molar-refractivity contribution in [2.45, 2.75) is 24.0 Å². The molecule has 0 aromatic heterocycles. The molecular weight excluding hydrogens is 263 g/mol. The first-order chi connectivity index (χ1) is 6.47. The van der Waals surface area contributed by atoms with Gasteiger partial charge in [0.1, 0.15) is 0 Å². The normalized spacial score (nSPS) is 25.3. The summed E-state index contributed by atoms with van der Waals surface area (Å²) in [5.41, 5.74) is 0. The summed E-state index contributed by atoms with van der Waals surface area (Å²) in [5, 5.41) is 0.